The van der Waals surface area contributed by atoms with Gasteiger partial charge in [-0.2, -0.15) is 0 Å². The van der Waals surface area contributed by atoms with Gasteiger partial charge in [0.2, 0.25) is 0 Å². The Bertz CT molecular complexity index is 110. The van der Waals surface area contributed by atoms with Crippen molar-refractivity contribution in [1.82, 2.24) is 4.90 Å². The Morgan fingerprint density at radius 3 is 3.00 bits per heavy atom. The van der Waals surface area contributed by atoms with Crippen LogP contribution in [0.25, 0.3) is 0 Å². The van der Waals surface area contributed by atoms with Crippen molar-refractivity contribution in [3.8, 4) is 0 Å². The molecule has 0 aromatic rings. The van der Waals surface area contributed by atoms with Crippen molar-refractivity contribution in [2.75, 3.05) is 20.1 Å². The molecule has 0 saturated carbocycles. The van der Waals surface area contributed by atoms with E-state index in [2.05, 4.69) is 34.5 Å². The van der Waals surface area contributed by atoms with E-state index in [-0.39, 0.29) is 6.10 Å². The molecule has 2 nitrogen and oxygen atoms in total. The molecule has 1 aliphatic heterocycles. The van der Waals surface area contributed by atoms with Crippen LogP contribution in [0.4, 0.5) is 0 Å². The highest BCUT2D eigenvalue weighted by atomic mass is 127. The molecule has 0 aromatic carbocycles. The molecular weight excluding hydrogens is 241 g/mol. The number of β-amino-alcohol motifs (C(OH)–C–C–N with tert-alkyl or cyclic N) is 1. The average molecular weight is 255 g/mol. The Kier molecular flexibility index (Phi) is 3.39. The third-order valence-corrected chi connectivity index (χ3v) is 3.39. The minimum Gasteiger partial charge on any atom is -0.391 e. The number of hydrogen-bond acceptors (Lipinski definition) is 2. The van der Waals surface area contributed by atoms with Crippen LogP contribution in [0.5, 0.6) is 0 Å². The van der Waals surface area contributed by atoms with Crippen molar-refractivity contribution in [1.29, 1.82) is 0 Å². The van der Waals surface area contributed by atoms with Crippen LogP contribution in [-0.4, -0.2) is 40.2 Å². The number of hydrogen-bond donors (Lipinski definition) is 1. The van der Waals surface area contributed by atoms with E-state index in [1.807, 2.05) is 0 Å². The molecule has 0 bridgehead atoms. The number of likely N-dealkylation sites (tertiary alicyclic amines) is 1. The van der Waals surface area contributed by atoms with Gasteiger partial charge in [0, 0.05) is 10.5 Å². The van der Waals surface area contributed by atoms with Crippen LogP contribution in [0.2, 0.25) is 0 Å². The highest BCUT2D eigenvalue weighted by molar-refractivity contribution is 14.1. The molecule has 0 radical (unpaired) electrons. The predicted octanol–water partition coefficient (Wildman–Crippen LogP) is 0.877. The second-order valence-corrected chi connectivity index (χ2v) is 4.59. The summed E-state index contributed by atoms with van der Waals surface area (Å²) in [5, 5.41) is 9.48. The summed E-state index contributed by atoms with van der Waals surface area (Å²) in [6, 6.07) is 0. The highest BCUT2D eigenvalue weighted by Gasteiger charge is 2.20. The van der Waals surface area contributed by atoms with Gasteiger partial charge in [-0.05, 0) is 26.4 Å². The monoisotopic (exact) mass is 255 g/mol. The van der Waals surface area contributed by atoms with Crippen molar-refractivity contribution >= 4 is 22.6 Å². The molecule has 0 spiro atoms. The topological polar surface area (TPSA) is 23.5 Å². The molecule has 1 aliphatic rings. The lowest BCUT2D eigenvalue weighted by Crippen LogP contribution is -2.31. The largest absolute Gasteiger partial charge is 0.391 e. The summed E-state index contributed by atoms with van der Waals surface area (Å²) in [6.07, 6.45) is 2.26. The first-order valence-corrected chi connectivity index (χ1v) is 4.95. The SMILES string of the molecule is CN1CCCC(I)C(O)C1. The number of aliphatic hydroxyl groups excluding tert-OH is 1. The van der Waals surface area contributed by atoms with Crippen LogP contribution < -0.4 is 0 Å². The van der Waals surface area contributed by atoms with Crippen molar-refractivity contribution in [2.45, 2.75) is 22.9 Å². The molecule has 1 rings (SSSR count). The van der Waals surface area contributed by atoms with E-state index in [4.69, 9.17) is 0 Å². The molecule has 1 heterocycles. The van der Waals surface area contributed by atoms with E-state index in [9.17, 15) is 5.11 Å². The van der Waals surface area contributed by atoms with Gasteiger partial charge in [-0.3, -0.25) is 0 Å². The first kappa shape index (κ1) is 8.74. The van der Waals surface area contributed by atoms with Crippen molar-refractivity contribution in [3.63, 3.8) is 0 Å². The van der Waals surface area contributed by atoms with Crippen molar-refractivity contribution in [2.24, 2.45) is 0 Å². The Morgan fingerprint density at radius 1 is 1.60 bits per heavy atom. The molecule has 0 amide bonds. The number of halogens is 1. The first-order valence-electron chi connectivity index (χ1n) is 3.71. The molecule has 10 heavy (non-hydrogen) atoms. The Labute approximate surface area is 75.7 Å². The van der Waals surface area contributed by atoms with E-state index < -0.39 is 0 Å². The minimum atomic E-state index is -0.118. The third-order valence-electron chi connectivity index (χ3n) is 1.94. The fourth-order valence-electron chi connectivity index (χ4n) is 1.27. The maximum Gasteiger partial charge on any atom is 0.0784 e. The summed E-state index contributed by atoms with van der Waals surface area (Å²) < 4.78 is 0.461. The van der Waals surface area contributed by atoms with Crippen LogP contribution in [0.15, 0.2) is 0 Å². The molecule has 0 aliphatic carbocycles. The molecule has 60 valence electrons. The van der Waals surface area contributed by atoms with E-state index in [0.29, 0.717) is 3.92 Å². The summed E-state index contributed by atoms with van der Waals surface area (Å²) >= 11 is 2.34. The zero-order chi connectivity index (χ0) is 7.56. The molecule has 2 unspecified atom stereocenters. The number of rotatable bonds is 0. The van der Waals surface area contributed by atoms with Gasteiger partial charge in [-0.25, -0.2) is 0 Å². The zero-order valence-electron chi connectivity index (χ0n) is 6.26. The predicted molar refractivity (Wildman–Crippen MR) is 50.5 cm³/mol. The third kappa shape index (κ3) is 2.36. The summed E-state index contributed by atoms with van der Waals surface area (Å²) in [5.74, 6) is 0. The number of aliphatic hydroxyl groups is 1. The smallest absolute Gasteiger partial charge is 0.0784 e. The molecule has 0 aromatic heterocycles. The van der Waals surface area contributed by atoms with Crippen LogP contribution in [-0.2, 0) is 0 Å². The van der Waals surface area contributed by atoms with Gasteiger partial charge in [-0.15, -0.1) is 0 Å². The fraction of sp³-hybridized carbons (Fsp3) is 1.00. The van der Waals surface area contributed by atoms with Gasteiger partial charge in [0.25, 0.3) is 0 Å². The summed E-state index contributed by atoms with van der Waals surface area (Å²) in [5.41, 5.74) is 0. The molecule has 1 saturated heterocycles. The summed E-state index contributed by atoms with van der Waals surface area (Å²) in [4.78, 5) is 2.20. The van der Waals surface area contributed by atoms with Crippen molar-refractivity contribution in [3.05, 3.63) is 0 Å². The number of likely N-dealkylation sites (N-methyl/N-ethyl adjacent to an activating group) is 1. The van der Waals surface area contributed by atoms with E-state index in [0.717, 1.165) is 19.5 Å². The Morgan fingerprint density at radius 2 is 2.30 bits per heavy atom. The zero-order valence-corrected chi connectivity index (χ0v) is 8.41. The molecule has 3 heteroatoms. The van der Waals surface area contributed by atoms with Gasteiger partial charge >= 0.3 is 0 Å². The molecular formula is C7H14INO. The summed E-state index contributed by atoms with van der Waals surface area (Å²) in [6.45, 7) is 1.98. The standard InChI is InChI=1S/C7H14INO/c1-9-4-2-3-6(8)7(10)5-9/h6-7,10H,2-5H2,1H3. The molecule has 1 N–H and O–H groups in total. The van der Waals surface area contributed by atoms with Crippen LogP contribution in [0, 0.1) is 0 Å². The normalized spacial score (nSPS) is 37.5. The summed E-state index contributed by atoms with van der Waals surface area (Å²) in [7, 11) is 2.07. The van der Waals surface area contributed by atoms with Crippen LogP contribution >= 0.6 is 22.6 Å². The van der Waals surface area contributed by atoms with E-state index >= 15 is 0 Å². The van der Waals surface area contributed by atoms with Crippen LogP contribution in [0.3, 0.4) is 0 Å². The molecule has 1 fully saturated rings. The van der Waals surface area contributed by atoms with E-state index in [1.54, 1.807) is 0 Å². The lowest BCUT2D eigenvalue weighted by molar-refractivity contribution is 0.141. The second kappa shape index (κ2) is 3.88. The average Bonchev–Trinajstić information content (AvgIpc) is 1.96. The lowest BCUT2D eigenvalue weighted by atomic mass is 10.2. The quantitative estimate of drug-likeness (QED) is 0.513. The number of alkyl halides is 1. The van der Waals surface area contributed by atoms with Gasteiger partial charge in [-0.1, -0.05) is 22.6 Å². The maximum absolute atomic E-state index is 9.48. The highest BCUT2D eigenvalue weighted by Crippen LogP contribution is 2.17. The Balaban J connectivity index is 2.41. The van der Waals surface area contributed by atoms with Gasteiger partial charge < -0.3 is 10.0 Å². The van der Waals surface area contributed by atoms with Gasteiger partial charge in [0.05, 0.1) is 6.10 Å². The Hall–Kier alpha value is 0.650. The number of nitrogens with zero attached hydrogens (tertiary/aromatic N) is 1. The van der Waals surface area contributed by atoms with Crippen LogP contribution in [0.1, 0.15) is 12.8 Å². The van der Waals surface area contributed by atoms with E-state index in [1.165, 1.54) is 6.42 Å². The first-order chi connectivity index (χ1) is 4.70. The van der Waals surface area contributed by atoms with Gasteiger partial charge in [0.1, 0.15) is 0 Å². The minimum absolute atomic E-state index is 0.118. The maximum atomic E-state index is 9.48. The van der Waals surface area contributed by atoms with Crippen molar-refractivity contribution < 1.29 is 5.11 Å². The van der Waals surface area contributed by atoms with Gasteiger partial charge in [0.15, 0.2) is 0 Å². The molecule has 2 atom stereocenters. The fourth-order valence-corrected chi connectivity index (χ4v) is 1.94. The lowest BCUT2D eigenvalue weighted by Gasteiger charge is -2.17. The second-order valence-electron chi connectivity index (χ2n) is 2.99.